The third kappa shape index (κ3) is 4.84. The van der Waals surface area contributed by atoms with Gasteiger partial charge in [0.15, 0.2) is 0 Å². The van der Waals surface area contributed by atoms with E-state index in [4.69, 9.17) is 10.5 Å². The maximum absolute atomic E-state index is 5.66. The third-order valence-electron chi connectivity index (χ3n) is 3.64. The van der Waals surface area contributed by atoms with Gasteiger partial charge in [-0.2, -0.15) is 0 Å². The Morgan fingerprint density at radius 2 is 1.95 bits per heavy atom. The lowest BCUT2D eigenvalue weighted by Gasteiger charge is -2.21. The number of rotatable bonds is 7. The summed E-state index contributed by atoms with van der Waals surface area (Å²) in [4.78, 5) is 2.36. The van der Waals surface area contributed by atoms with E-state index in [9.17, 15) is 0 Å². The van der Waals surface area contributed by atoms with Crippen molar-refractivity contribution >= 4 is 0 Å². The monoisotopic (exact) mass is 264 g/mol. The molecule has 1 aromatic rings. The molecule has 1 aromatic carbocycles. The van der Waals surface area contributed by atoms with Gasteiger partial charge in [0.2, 0.25) is 0 Å². The molecule has 0 saturated heterocycles. The highest BCUT2D eigenvalue weighted by molar-refractivity contribution is 5.41. The molecule has 19 heavy (non-hydrogen) atoms. The number of nitrogens with zero attached hydrogens (tertiary/aromatic N) is 1. The molecule has 1 rings (SSSR count). The summed E-state index contributed by atoms with van der Waals surface area (Å²) in [5.74, 6) is 1.54. The second-order valence-electron chi connectivity index (χ2n) is 5.60. The predicted molar refractivity (Wildman–Crippen MR) is 81.9 cm³/mol. The Labute approximate surface area is 117 Å². The molecule has 0 spiro atoms. The van der Waals surface area contributed by atoms with Gasteiger partial charge in [-0.1, -0.05) is 13.0 Å². The van der Waals surface area contributed by atoms with Gasteiger partial charge in [-0.15, -0.1) is 0 Å². The quantitative estimate of drug-likeness (QED) is 0.822. The van der Waals surface area contributed by atoms with Gasteiger partial charge in [0, 0.05) is 13.1 Å². The van der Waals surface area contributed by atoms with Crippen molar-refractivity contribution in [1.29, 1.82) is 0 Å². The van der Waals surface area contributed by atoms with E-state index in [-0.39, 0.29) is 0 Å². The van der Waals surface area contributed by atoms with Crippen LogP contribution in [-0.4, -0.2) is 38.7 Å². The van der Waals surface area contributed by atoms with E-state index in [0.29, 0.717) is 5.92 Å². The average molecular weight is 264 g/mol. The second-order valence-corrected chi connectivity index (χ2v) is 5.60. The summed E-state index contributed by atoms with van der Waals surface area (Å²) in [6.07, 6.45) is 1.07. The summed E-state index contributed by atoms with van der Waals surface area (Å²) in [7, 11) is 3.89. The number of likely N-dealkylation sites (N-methyl/N-ethyl adjacent to an activating group) is 1. The van der Waals surface area contributed by atoms with Crippen molar-refractivity contribution in [2.45, 2.75) is 27.2 Å². The zero-order valence-corrected chi connectivity index (χ0v) is 13.0. The normalized spacial score (nSPS) is 12.8. The van der Waals surface area contributed by atoms with Crippen LogP contribution in [0.4, 0.5) is 0 Å². The van der Waals surface area contributed by atoms with Gasteiger partial charge in [-0.3, -0.25) is 0 Å². The van der Waals surface area contributed by atoms with Crippen molar-refractivity contribution in [1.82, 2.24) is 4.90 Å². The summed E-state index contributed by atoms with van der Waals surface area (Å²) >= 11 is 0. The highest BCUT2D eigenvalue weighted by Crippen LogP contribution is 2.22. The Balaban J connectivity index is 2.60. The minimum atomic E-state index is 0.559. The SMILES string of the molecule is COc1cc(C)c(CCN(C)CC(C)CN)cc1C. The zero-order valence-electron chi connectivity index (χ0n) is 13.0. The van der Waals surface area contributed by atoms with E-state index in [1.54, 1.807) is 7.11 Å². The van der Waals surface area contributed by atoms with Gasteiger partial charge >= 0.3 is 0 Å². The van der Waals surface area contributed by atoms with Crippen LogP contribution in [0.3, 0.4) is 0 Å². The summed E-state index contributed by atoms with van der Waals surface area (Å²) < 4.78 is 5.35. The van der Waals surface area contributed by atoms with Crippen molar-refractivity contribution in [2.24, 2.45) is 11.7 Å². The van der Waals surface area contributed by atoms with Crippen LogP contribution in [0.5, 0.6) is 5.75 Å². The smallest absolute Gasteiger partial charge is 0.122 e. The third-order valence-corrected chi connectivity index (χ3v) is 3.64. The van der Waals surface area contributed by atoms with Crippen LogP contribution < -0.4 is 10.5 Å². The Kier molecular flexibility index (Phi) is 6.32. The minimum absolute atomic E-state index is 0.559. The molecular weight excluding hydrogens is 236 g/mol. The van der Waals surface area contributed by atoms with E-state index in [1.165, 1.54) is 16.7 Å². The number of hydrogen-bond donors (Lipinski definition) is 1. The molecule has 0 radical (unpaired) electrons. The largest absolute Gasteiger partial charge is 0.496 e. The summed E-state index contributed by atoms with van der Waals surface area (Å²) in [5, 5.41) is 0. The Morgan fingerprint density at radius 3 is 2.53 bits per heavy atom. The molecule has 0 amide bonds. The van der Waals surface area contributed by atoms with E-state index in [1.807, 2.05) is 0 Å². The minimum Gasteiger partial charge on any atom is -0.496 e. The van der Waals surface area contributed by atoms with Crippen LogP contribution in [0.15, 0.2) is 12.1 Å². The fraction of sp³-hybridized carbons (Fsp3) is 0.625. The summed E-state index contributed by atoms with van der Waals surface area (Å²) in [6.45, 7) is 9.33. The number of nitrogens with two attached hydrogens (primary N) is 1. The second kappa shape index (κ2) is 7.51. The molecule has 0 bridgehead atoms. The van der Waals surface area contributed by atoms with Crippen molar-refractivity contribution in [2.75, 3.05) is 33.8 Å². The fourth-order valence-corrected chi connectivity index (χ4v) is 2.35. The van der Waals surface area contributed by atoms with E-state index < -0.39 is 0 Å². The van der Waals surface area contributed by atoms with Gasteiger partial charge in [-0.25, -0.2) is 0 Å². The molecule has 2 N–H and O–H groups in total. The first kappa shape index (κ1) is 16.0. The molecular formula is C16H28N2O. The molecule has 0 fully saturated rings. The highest BCUT2D eigenvalue weighted by atomic mass is 16.5. The van der Waals surface area contributed by atoms with Crippen LogP contribution in [-0.2, 0) is 6.42 Å². The van der Waals surface area contributed by atoms with E-state index >= 15 is 0 Å². The van der Waals surface area contributed by atoms with Crippen LogP contribution in [0.2, 0.25) is 0 Å². The van der Waals surface area contributed by atoms with Gasteiger partial charge in [-0.05, 0) is 62.5 Å². The molecule has 0 aliphatic rings. The lowest BCUT2D eigenvalue weighted by Crippen LogP contribution is -2.30. The molecule has 0 saturated carbocycles. The molecule has 3 nitrogen and oxygen atoms in total. The molecule has 0 heterocycles. The van der Waals surface area contributed by atoms with Crippen molar-refractivity contribution in [3.05, 3.63) is 28.8 Å². The number of ether oxygens (including phenoxy) is 1. The van der Waals surface area contributed by atoms with Crippen molar-refractivity contribution < 1.29 is 4.74 Å². The van der Waals surface area contributed by atoms with Gasteiger partial charge in [0.05, 0.1) is 7.11 Å². The Bertz CT molecular complexity index is 404. The average Bonchev–Trinajstić information content (AvgIpc) is 2.39. The zero-order chi connectivity index (χ0) is 14.4. The van der Waals surface area contributed by atoms with Crippen LogP contribution in [0.25, 0.3) is 0 Å². The molecule has 0 aliphatic heterocycles. The summed E-state index contributed by atoms with van der Waals surface area (Å²) in [6, 6.07) is 4.38. The molecule has 1 unspecified atom stereocenters. The van der Waals surface area contributed by atoms with Crippen molar-refractivity contribution in [3.63, 3.8) is 0 Å². The fourth-order valence-electron chi connectivity index (χ4n) is 2.35. The highest BCUT2D eigenvalue weighted by Gasteiger charge is 2.08. The number of benzene rings is 1. The maximum atomic E-state index is 5.66. The lowest BCUT2D eigenvalue weighted by molar-refractivity contribution is 0.292. The van der Waals surface area contributed by atoms with Gasteiger partial charge in [0.1, 0.15) is 5.75 Å². The predicted octanol–water partition coefficient (Wildman–Crippen LogP) is 2.38. The van der Waals surface area contributed by atoms with Crippen LogP contribution >= 0.6 is 0 Å². The van der Waals surface area contributed by atoms with Crippen molar-refractivity contribution in [3.8, 4) is 5.75 Å². The Morgan fingerprint density at radius 1 is 1.26 bits per heavy atom. The van der Waals surface area contributed by atoms with Gasteiger partial charge < -0.3 is 15.4 Å². The van der Waals surface area contributed by atoms with E-state index in [2.05, 4.69) is 44.9 Å². The molecule has 0 aromatic heterocycles. The van der Waals surface area contributed by atoms with Gasteiger partial charge in [0.25, 0.3) is 0 Å². The first-order valence-electron chi connectivity index (χ1n) is 7.00. The van der Waals surface area contributed by atoms with Crippen LogP contribution in [0.1, 0.15) is 23.6 Å². The maximum Gasteiger partial charge on any atom is 0.122 e. The molecule has 108 valence electrons. The molecule has 1 atom stereocenters. The van der Waals surface area contributed by atoms with Crippen LogP contribution in [0, 0.1) is 19.8 Å². The first-order chi connectivity index (χ1) is 8.97. The van der Waals surface area contributed by atoms with E-state index in [0.717, 1.165) is 31.8 Å². The first-order valence-corrected chi connectivity index (χ1v) is 7.00. The molecule has 3 heteroatoms. The lowest BCUT2D eigenvalue weighted by atomic mass is 10.0. The number of hydrogen-bond acceptors (Lipinski definition) is 3. The number of methoxy groups -OCH3 is 1. The molecule has 0 aliphatic carbocycles. The standard InChI is InChI=1S/C16H28N2O/c1-12(10-17)11-18(4)7-6-15-8-14(3)16(19-5)9-13(15)2/h8-9,12H,6-7,10-11,17H2,1-5H3. The topological polar surface area (TPSA) is 38.5 Å². The Hall–Kier alpha value is -1.06. The summed E-state index contributed by atoms with van der Waals surface area (Å²) in [5.41, 5.74) is 9.59. The number of aryl methyl sites for hydroxylation is 2.